The van der Waals surface area contributed by atoms with Crippen LogP contribution in [-0.4, -0.2) is 18.9 Å². The van der Waals surface area contributed by atoms with Crippen LogP contribution in [0.1, 0.15) is 13.3 Å². The molecule has 15 heavy (non-hydrogen) atoms. The normalized spacial score (nSPS) is 31.2. The lowest BCUT2D eigenvalue weighted by atomic mass is 9.93. The molecule has 2 N–H and O–H groups in total. The van der Waals surface area contributed by atoms with E-state index in [1.54, 1.807) is 0 Å². The van der Waals surface area contributed by atoms with Crippen molar-refractivity contribution in [1.82, 2.24) is 5.32 Å². The molecule has 0 amide bonds. The maximum absolute atomic E-state index is 13.6. The van der Waals surface area contributed by atoms with Gasteiger partial charge < -0.3 is 5.32 Å². The van der Waals surface area contributed by atoms with E-state index in [1.165, 1.54) is 0 Å². The first-order chi connectivity index (χ1) is 7.27. The molecular weight excluding hydrogens is 191 g/mol. The molecule has 1 heterocycles. The molecule has 0 saturated carbocycles. The number of benzene rings is 1. The number of hydrogen-bond donors (Lipinski definition) is 2. The van der Waals surface area contributed by atoms with Gasteiger partial charge in [-0.25, -0.2) is 4.39 Å². The van der Waals surface area contributed by atoms with Crippen molar-refractivity contribution < 1.29 is 4.39 Å². The van der Waals surface area contributed by atoms with Crippen LogP contribution in [0.4, 0.5) is 10.1 Å². The molecule has 1 aliphatic rings. The summed E-state index contributed by atoms with van der Waals surface area (Å²) < 4.78 is 13.6. The maximum Gasteiger partial charge on any atom is 0.171 e. The minimum atomic E-state index is -0.950. The second-order valence-electron chi connectivity index (χ2n) is 4.16. The SMILES string of the molecule is CC1CCNC(F)C1Nc1ccccc1. The molecule has 1 aromatic carbocycles. The lowest BCUT2D eigenvalue weighted by molar-refractivity contribution is 0.163. The first kappa shape index (κ1) is 10.4. The Hall–Kier alpha value is -1.09. The summed E-state index contributed by atoms with van der Waals surface area (Å²) in [6.07, 6.45) is 0.0687. The smallest absolute Gasteiger partial charge is 0.171 e. The van der Waals surface area contributed by atoms with Gasteiger partial charge in [-0.2, -0.15) is 0 Å². The van der Waals surface area contributed by atoms with Crippen molar-refractivity contribution in [3.8, 4) is 0 Å². The Morgan fingerprint density at radius 2 is 2.07 bits per heavy atom. The van der Waals surface area contributed by atoms with E-state index in [9.17, 15) is 4.39 Å². The third-order valence-electron chi connectivity index (χ3n) is 2.97. The minimum Gasteiger partial charge on any atom is -0.378 e. The van der Waals surface area contributed by atoms with Crippen molar-refractivity contribution in [3.63, 3.8) is 0 Å². The van der Waals surface area contributed by atoms with Gasteiger partial charge in [0, 0.05) is 5.69 Å². The van der Waals surface area contributed by atoms with E-state index in [0.717, 1.165) is 18.7 Å². The zero-order chi connectivity index (χ0) is 10.7. The molecule has 1 fully saturated rings. The first-order valence-electron chi connectivity index (χ1n) is 5.46. The summed E-state index contributed by atoms with van der Waals surface area (Å²) in [5.74, 6) is 0.362. The fourth-order valence-electron chi connectivity index (χ4n) is 1.99. The van der Waals surface area contributed by atoms with Crippen molar-refractivity contribution in [2.24, 2.45) is 5.92 Å². The van der Waals surface area contributed by atoms with Gasteiger partial charge in [0.2, 0.25) is 0 Å². The van der Waals surface area contributed by atoms with Crippen LogP contribution < -0.4 is 10.6 Å². The second-order valence-corrected chi connectivity index (χ2v) is 4.16. The standard InChI is InChI=1S/C12H17FN2/c1-9-7-8-14-12(13)11(9)15-10-5-3-2-4-6-10/h2-6,9,11-12,14-15H,7-8H2,1H3. The molecule has 2 nitrogen and oxygen atoms in total. The summed E-state index contributed by atoms with van der Waals surface area (Å²) in [6.45, 7) is 2.86. The summed E-state index contributed by atoms with van der Waals surface area (Å²) in [4.78, 5) is 0. The highest BCUT2D eigenvalue weighted by Crippen LogP contribution is 2.21. The van der Waals surface area contributed by atoms with Crippen LogP contribution in [0.5, 0.6) is 0 Å². The predicted molar refractivity (Wildman–Crippen MR) is 60.5 cm³/mol. The summed E-state index contributed by atoms with van der Waals surface area (Å²) in [5, 5.41) is 6.10. The Balaban J connectivity index is 2.03. The molecule has 0 radical (unpaired) electrons. The highest BCUT2D eigenvalue weighted by Gasteiger charge is 2.29. The predicted octanol–water partition coefficient (Wildman–Crippen LogP) is 2.39. The van der Waals surface area contributed by atoms with Crippen molar-refractivity contribution >= 4 is 5.69 Å². The zero-order valence-electron chi connectivity index (χ0n) is 8.91. The highest BCUT2D eigenvalue weighted by atomic mass is 19.1. The molecule has 1 aromatic rings. The van der Waals surface area contributed by atoms with Crippen LogP contribution >= 0.6 is 0 Å². The Labute approximate surface area is 89.9 Å². The zero-order valence-corrected chi connectivity index (χ0v) is 8.91. The van der Waals surface area contributed by atoms with Crippen molar-refractivity contribution in [1.29, 1.82) is 0 Å². The Morgan fingerprint density at radius 1 is 1.33 bits per heavy atom. The largest absolute Gasteiger partial charge is 0.378 e. The van der Waals surface area contributed by atoms with Gasteiger partial charge >= 0.3 is 0 Å². The molecule has 1 aliphatic heterocycles. The number of rotatable bonds is 2. The third-order valence-corrected chi connectivity index (χ3v) is 2.97. The summed E-state index contributed by atoms with van der Waals surface area (Å²) in [5.41, 5.74) is 0.987. The van der Waals surface area contributed by atoms with Crippen molar-refractivity contribution in [3.05, 3.63) is 30.3 Å². The second kappa shape index (κ2) is 4.62. The molecule has 82 valence electrons. The van der Waals surface area contributed by atoms with E-state index < -0.39 is 6.30 Å². The monoisotopic (exact) mass is 208 g/mol. The fraction of sp³-hybridized carbons (Fsp3) is 0.500. The fourth-order valence-corrected chi connectivity index (χ4v) is 1.99. The van der Waals surface area contributed by atoms with Crippen molar-refractivity contribution in [2.75, 3.05) is 11.9 Å². The van der Waals surface area contributed by atoms with E-state index in [0.29, 0.717) is 5.92 Å². The van der Waals surface area contributed by atoms with E-state index in [4.69, 9.17) is 0 Å². The number of halogens is 1. The van der Waals surface area contributed by atoms with E-state index in [-0.39, 0.29) is 6.04 Å². The highest BCUT2D eigenvalue weighted by molar-refractivity contribution is 5.43. The average Bonchev–Trinajstić information content (AvgIpc) is 2.25. The summed E-state index contributed by atoms with van der Waals surface area (Å²) in [6, 6.07) is 9.68. The molecule has 3 heteroatoms. The quantitative estimate of drug-likeness (QED) is 0.729. The Morgan fingerprint density at radius 3 is 2.73 bits per heavy atom. The van der Waals surface area contributed by atoms with Gasteiger partial charge in [0.15, 0.2) is 6.30 Å². The summed E-state index contributed by atoms with van der Waals surface area (Å²) >= 11 is 0. The van der Waals surface area contributed by atoms with Gasteiger partial charge in [-0.05, 0) is 31.0 Å². The summed E-state index contributed by atoms with van der Waals surface area (Å²) in [7, 11) is 0. The molecule has 3 atom stereocenters. The topological polar surface area (TPSA) is 24.1 Å². The van der Waals surface area contributed by atoms with E-state index in [2.05, 4.69) is 17.6 Å². The Bertz CT molecular complexity index is 292. The molecule has 0 spiro atoms. The van der Waals surface area contributed by atoms with Crippen LogP contribution in [0.2, 0.25) is 0 Å². The number of para-hydroxylation sites is 1. The molecule has 0 bridgehead atoms. The van der Waals surface area contributed by atoms with Gasteiger partial charge in [0.05, 0.1) is 6.04 Å². The van der Waals surface area contributed by atoms with Crippen molar-refractivity contribution in [2.45, 2.75) is 25.7 Å². The van der Waals surface area contributed by atoms with E-state index >= 15 is 0 Å². The van der Waals surface area contributed by atoms with Crippen LogP contribution in [0.15, 0.2) is 30.3 Å². The number of nitrogens with one attached hydrogen (secondary N) is 2. The molecule has 3 unspecified atom stereocenters. The van der Waals surface area contributed by atoms with Gasteiger partial charge in [0.1, 0.15) is 0 Å². The van der Waals surface area contributed by atoms with Crippen LogP contribution in [0, 0.1) is 5.92 Å². The van der Waals surface area contributed by atoms with E-state index in [1.807, 2.05) is 30.3 Å². The number of hydrogen-bond acceptors (Lipinski definition) is 2. The first-order valence-corrected chi connectivity index (χ1v) is 5.46. The third kappa shape index (κ3) is 2.48. The molecule has 0 aliphatic carbocycles. The average molecular weight is 208 g/mol. The number of piperidine rings is 1. The lowest BCUT2D eigenvalue weighted by Gasteiger charge is -2.34. The van der Waals surface area contributed by atoms with Crippen LogP contribution in [0.25, 0.3) is 0 Å². The van der Waals surface area contributed by atoms with Gasteiger partial charge in [0.25, 0.3) is 0 Å². The molecule has 0 aromatic heterocycles. The minimum absolute atomic E-state index is 0.124. The van der Waals surface area contributed by atoms with Gasteiger partial charge in [-0.1, -0.05) is 25.1 Å². The maximum atomic E-state index is 13.6. The molecule has 1 saturated heterocycles. The lowest BCUT2D eigenvalue weighted by Crippen LogP contribution is -2.50. The van der Waals surface area contributed by atoms with Gasteiger partial charge in [-0.15, -0.1) is 0 Å². The Kier molecular flexibility index (Phi) is 3.21. The number of alkyl halides is 1. The van der Waals surface area contributed by atoms with Crippen LogP contribution in [0.3, 0.4) is 0 Å². The molecule has 2 rings (SSSR count). The van der Waals surface area contributed by atoms with Crippen LogP contribution in [-0.2, 0) is 0 Å². The molecular formula is C12H17FN2. The number of anilines is 1. The van der Waals surface area contributed by atoms with Gasteiger partial charge in [-0.3, -0.25) is 5.32 Å².